The van der Waals surface area contributed by atoms with Crippen LogP contribution in [0.5, 0.6) is 0 Å². The van der Waals surface area contributed by atoms with E-state index in [1.807, 2.05) is 43.3 Å². The van der Waals surface area contributed by atoms with Gasteiger partial charge in [-0.3, -0.25) is 0 Å². The van der Waals surface area contributed by atoms with Crippen molar-refractivity contribution in [3.8, 4) is 0 Å². The van der Waals surface area contributed by atoms with Crippen LogP contribution in [-0.4, -0.2) is 0 Å². The Morgan fingerprint density at radius 1 is 1.10 bits per heavy atom. The van der Waals surface area contributed by atoms with Crippen LogP contribution < -0.4 is 5.73 Å². The van der Waals surface area contributed by atoms with E-state index in [2.05, 4.69) is 0 Å². The average Bonchev–Trinajstić information content (AvgIpc) is 2.76. The molecule has 0 saturated heterocycles. The summed E-state index contributed by atoms with van der Waals surface area (Å²) in [6, 6.07) is 12.7. The van der Waals surface area contributed by atoms with E-state index in [4.69, 9.17) is 33.4 Å². The van der Waals surface area contributed by atoms with Crippen LogP contribution in [0.1, 0.15) is 22.9 Å². The topological polar surface area (TPSA) is 39.2 Å². The van der Waals surface area contributed by atoms with Crippen LogP contribution in [0.15, 0.2) is 46.9 Å². The maximum absolute atomic E-state index is 6.31. The van der Waals surface area contributed by atoms with Crippen LogP contribution in [0.4, 0.5) is 0 Å². The molecule has 3 rings (SSSR count). The van der Waals surface area contributed by atoms with Gasteiger partial charge >= 0.3 is 0 Å². The fraction of sp³-hybridized carbons (Fsp3) is 0.125. The first-order chi connectivity index (χ1) is 9.58. The lowest BCUT2D eigenvalue weighted by molar-refractivity contribution is 0.521. The minimum absolute atomic E-state index is 0.394. The largest absolute Gasteiger partial charge is 0.459 e. The zero-order chi connectivity index (χ0) is 14.3. The fourth-order valence-electron chi connectivity index (χ4n) is 2.38. The third kappa shape index (κ3) is 2.20. The summed E-state index contributed by atoms with van der Waals surface area (Å²) in [5.74, 6) is 0.718. The Balaban J connectivity index is 2.15. The average molecular weight is 306 g/mol. The standard InChI is InChI=1S/C16H13Cl2NO/c1-9-12-8-10(17)6-7-14(12)20-16(9)15(19)11-4-2-3-5-13(11)18/h2-8,15H,19H2,1H3. The number of hydrogen-bond acceptors (Lipinski definition) is 2. The second-order valence-corrected chi connectivity index (χ2v) is 5.57. The first-order valence-electron chi connectivity index (χ1n) is 6.26. The first-order valence-corrected chi connectivity index (χ1v) is 7.02. The van der Waals surface area contributed by atoms with Gasteiger partial charge in [0, 0.05) is 21.0 Å². The molecule has 0 radical (unpaired) electrons. The van der Waals surface area contributed by atoms with Crippen LogP contribution in [0.2, 0.25) is 10.0 Å². The van der Waals surface area contributed by atoms with Gasteiger partial charge in [0.15, 0.2) is 0 Å². The van der Waals surface area contributed by atoms with Gasteiger partial charge in [0.05, 0.1) is 6.04 Å². The molecule has 3 aromatic rings. The molecule has 1 unspecified atom stereocenters. The summed E-state index contributed by atoms with van der Waals surface area (Å²) in [6.45, 7) is 1.98. The third-order valence-corrected chi connectivity index (χ3v) is 4.04. The van der Waals surface area contributed by atoms with Gasteiger partial charge in [0.1, 0.15) is 11.3 Å². The summed E-state index contributed by atoms with van der Waals surface area (Å²) >= 11 is 12.2. The zero-order valence-electron chi connectivity index (χ0n) is 10.9. The van der Waals surface area contributed by atoms with Crippen LogP contribution >= 0.6 is 23.2 Å². The summed E-state index contributed by atoms with van der Waals surface area (Å²) in [5.41, 5.74) is 8.94. The number of halogens is 2. The highest BCUT2D eigenvalue weighted by Gasteiger charge is 2.20. The molecule has 0 saturated carbocycles. The van der Waals surface area contributed by atoms with Gasteiger partial charge in [-0.1, -0.05) is 41.4 Å². The number of rotatable bonds is 2. The third-order valence-electron chi connectivity index (χ3n) is 3.46. The van der Waals surface area contributed by atoms with Crippen molar-refractivity contribution in [3.63, 3.8) is 0 Å². The quantitative estimate of drug-likeness (QED) is 0.715. The van der Waals surface area contributed by atoms with Crippen molar-refractivity contribution in [1.82, 2.24) is 0 Å². The Labute approximate surface area is 127 Å². The summed E-state index contributed by atoms with van der Waals surface area (Å²) in [4.78, 5) is 0. The second-order valence-electron chi connectivity index (χ2n) is 4.73. The van der Waals surface area contributed by atoms with Gasteiger partial charge in [0.25, 0.3) is 0 Å². The maximum Gasteiger partial charge on any atom is 0.134 e. The second kappa shape index (κ2) is 5.13. The molecule has 0 spiro atoms. The van der Waals surface area contributed by atoms with E-state index in [0.717, 1.165) is 27.9 Å². The minimum atomic E-state index is -0.394. The molecule has 0 fully saturated rings. The Kier molecular flexibility index (Phi) is 3.47. The molecule has 2 N–H and O–H groups in total. The molecule has 1 aromatic heterocycles. The highest BCUT2D eigenvalue weighted by atomic mass is 35.5. The van der Waals surface area contributed by atoms with Crippen LogP contribution in [0, 0.1) is 6.92 Å². The van der Waals surface area contributed by atoms with Crippen molar-refractivity contribution in [2.45, 2.75) is 13.0 Å². The van der Waals surface area contributed by atoms with E-state index in [0.29, 0.717) is 10.0 Å². The van der Waals surface area contributed by atoms with Gasteiger partial charge in [0.2, 0.25) is 0 Å². The van der Waals surface area contributed by atoms with E-state index >= 15 is 0 Å². The van der Waals surface area contributed by atoms with Crippen LogP contribution in [0.25, 0.3) is 11.0 Å². The maximum atomic E-state index is 6.31. The van der Waals surface area contributed by atoms with Gasteiger partial charge in [-0.2, -0.15) is 0 Å². The van der Waals surface area contributed by atoms with Gasteiger partial charge in [-0.05, 0) is 36.8 Å². The number of nitrogens with two attached hydrogens (primary N) is 1. The monoisotopic (exact) mass is 305 g/mol. The summed E-state index contributed by atoms with van der Waals surface area (Å²) in [5, 5.41) is 2.30. The number of fused-ring (bicyclic) bond motifs is 1. The van der Waals surface area contributed by atoms with E-state index < -0.39 is 6.04 Å². The lowest BCUT2D eigenvalue weighted by Crippen LogP contribution is -2.12. The lowest BCUT2D eigenvalue weighted by atomic mass is 10.0. The SMILES string of the molecule is Cc1c(C(N)c2ccccc2Cl)oc2ccc(Cl)cc12. The van der Waals surface area contributed by atoms with Crippen molar-refractivity contribution in [2.24, 2.45) is 5.73 Å². The summed E-state index contributed by atoms with van der Waals surface area (Å²) in [7, 11) is 0. The molecule has 0 aliphatic rings. The molecule has 0 aliphatic heterocycles. The Bertz CT molecular complexity index is 779. The lowest BCUT2D eigenvalue weighted by Gasteiger charge is -2.12. The molecular weight excluding hydrogens is 293 g/mol. The minimum Gasteiger partial charge on any atom is -0.459 e. The number of furan rings is 1. The molecular formula is C16H13Cl2NO. The van der Waals surface area contributed by atoms with Crippen LogP contribution in [0.3, 0.4) is 0 Å². The van der Waals surface area contributed by atoms with Crippen molar-refractivity contribution >= 4 is 34.2 Å². The first kappa shape index (κ1) is 13.5. The van der Waals surface area contributed by atoms with E-state index in [1.165, 1.54) is 0 Å². The van der Waals surface area contributed by atoms with Gasteiger partial charge in [-0.25, -0.2) is 0 Å². The normalized spacial score (nSPS) is 12.8. The number of aryl methyl sites for hydroxylation is 1. The van der Waals surface area contributed by atoms with Crippen molar-refractivity contribution < 1.29 is 4.42 Å². The van der Waals surface area contributed by atoms with Gasteiger partial charge in [-0.15, -0.1) is 0 Å². The van der Waals surface area contributed by atoms with Crippen molar-refractivity contribution in [2.75, 3.05) is 0 Å². The molecule has 0 amide bonds. The summed E-state index contributed by atoms with van der Waals surface area (Å²) in [6.07, 6.45) is 0. The van der Waals surface area contributed by atoms with E-state index in [1.54, 1.807) is 6.07 Å². The Morgan fingerprint density at radius 2 is 1.85 bits per heavy atom. The molecule has 1 atom stereocenters. The van der Waals surface area contributed by atoms with Crippen molar-refractivity contribution in [1.29, 1.82) is 0 Å². The van der Waals surface area contributed by atoms with Gasteiger partial charge < -0.3 is 10.2 Å². The van der Waals surface area contributed by atoms with Crippen molar-refractivity contribution in [3.05, 3.63) is 69.4 Å². The number of hydrogen-bond donors (Lipinski definition) is 1. The highest BCUT2D eigenvalue weighted by Crippen LogP contribution is 2.34. The molecule has 2 nitrogen and oxygen atoms in total. The predicted molar refractivity (Wildman–Crippen MR) is 83.4 cm³/mol. The Morgan fingerprint density at radius 3 is 2.60 bits per heavy atom. The molecule has 0 bridgehead atoms. The molecule has 0 aliphatic carbocycles. The molecule has 20 heavy (non-hydrogen) atoms. The molecule has 102 valence electrons. The molecule has 2 aromatic carbocycles. The summed E-state index contributed by atoms with van der Waals surface area (Å²) < 4.78 is 5.88. The molecule has 1 heterocycles. The van der Waals surface area contributed by atoms with E-state index in [-0.39, 0.29) is 0 Å². The van der Waals surface area contributed by atoms with E-state index in [9.17, 15) is 0 Å². The zero-order valence-corrected chi connectivity index (χ0v) is 12.4. The number of benzene rings is 2. The van der Waals surface area contributed by atoms with Crippen LogP contribution in [-0.2, 0) is 0 Å². The molecule has 4 heteroatoms. The Hall–Kier alpha value is -1.48. The highest BCUT2D eigenvalue weighted by molar-refractivity contribution is 6.31. The predicted octanol–water partition coefficient (Wildman–Crippen LogP) is 5.10. The smallest absolute Gasteiger partial charge is 0.134 e. The fourth-order valence-corrected chi connectivity index (χ4v) is 2.80.